The Balaban J connectivity index is 1.32. The van der Waals surface area contributed by atoms with E-state index in [1.807, 2.05) is 0 Å². The molecule has 1 spiro atoms. The van der Waals surface area contributed by atoms with Crippen LogP contribution in [0.15, 0.2) is 0 Å². The minimum absolute atomic E-state index is 0.396. The SMILES string of the molecule is CC(C)CCC[C@@H](C)[C@H]1CC[C@@H]2[C@@H]3CC[C@]45CCC(=O)[C@@H]4[C@]5(C)[C@H]3CC[C@@]21C. The highest BCUT2D eigenvalue weighted by Gasteiger charge is 2.82. The van der Waals surface area contributed by atoms with Gasteiger partial charge >= 0.3 is 0 Å². The van der Waals surface area contributed by atoms with Crippen molar-refractivity contribution in [2.24, 2.45) is 57.7 Å². The lowest BCUT2D eigenvalue weighted by molar-refractivity contribution is -0.121. The molecule has 1 nitrogen and oxygen atoms in total. The number of Topliss-reactive ketones (excluding diaryl/α,β-unsaturated/α-hetero) is 1. The fraction of sp³-hybridized carbons (Fsp3) is 0.963. The number of fused-ring (bicyclic) bond motifs is 5. The van der Waals surface area contributed by atoms with Crippen molar-refractivity contribution in [3.63, 3.8) is 0 Å². The van der Waals surface area contributed by atoms with E-state index in [0.717, 1.165) is 41.9 Å². The van der Waals surface area contributed by atoms with Crippen molar-refractivity contribution < 1.29 is 4.79 Å². The summed E-state index contributed by atoms with van der Waals surface area (Å²) in [7, 11) is 0. The van der Waals surface area contributed by atoms with E-state index in [1.165, 1.54) is 64.2 Å². The summed E-state index contributed by atoms with van der Waals surface area (Å²) < 4.78 is 0. The molecule has 5 rings (SSSR count). The molecular weight excluding hydrogens is 340 g/mol. The maximum Gasteiger partial charge on any atom is 0.137 e. The summed E-state index contributed by atoms with van der Waals surface area (Å²) in [6, 6.07) is 0. The van der Waals surface area contributed by atoms with Crippen molar-refractivity contribution in [1.82, 2.24) is 0 Å². The standard InChI is InChI=1S/C27H44O/c1-17(2)7-6-8-18(3)20-9-10-21-19-11-15-27-16-13-23(28)24(27)26(27,5)22(19)12-14-25(20,21)4/h17-22,24H,6-16H2,1-5H3/t18-,19+,20-,21-,22+,24-,25-,26+,27+/m1/s1. The fourth-order valence-corrected chi connectivity index (χ4v) is 10.3. The first-order valence-electron chi connectivity index (χ1n) is 12.8. The molecule has 158 valence electrons. The van der Waals surface area contributed by atoms with E-state index in [9.17, 15) is 4.79 Å². The summed E-state index contributed by atoms with van der Waals surface area (Å²) in [6.45, 7) is 12.6. The van der Waals surface area contributed by atoms with Gasteiger partial charge in [-0.1, -0.05) is 53.9 Å². The van der Waals surface area contributed by atoms with Crippen molar-refractivity contribution in [3.8, 4) is 0 Å². The minimum atomic E-state index is 0.396. The lowest BCUT2D eigenvalue weighted by atomic mass is 9.50. The van der Waals surface area contributed by atoms with Crippen LogP contribution in [0.2, 0.25) is 0 Å². The van der Waals surface area contributed by atoms with E-state index in [2.05, 4.69) is 34.6 Å². The lowest BCUT2D eigenvalue weighted by Gasteiger charge is -2.55. The Bertz CT molecular complexity index is 651. The molecule has 28 heavy (non-hydrogen) atoms. The molecule has 0 aliphatic heterocycles. The van der Waals surface area contributed by atoms with Gasteiger partial charge in [-0.05, 0) is 96.7 Å². The maximum atomic E-state index is 12.6. The van der Waals surface area contributed by atoms with Gasteiger partial charge in [-0.2, -0.15) is 0 Å². The van der Waals surface area contributed by atoms with Gasteiger partial charge in [0.1, 0.15) is 5.78 Å². The summed E-state index contributed by atoms with van der Waals surface area (Å²) in [5.41, 5.74) is 1.45. The summed E-state index contributed by atoms with van der Waals surface area (Å²) in [6.07, 6.45) is 15.1. The molecular formula is C27H44O. The third-order valence-electron chi connectivity index (χ3n) is 11.6. The van der Waals surface area contributed by atoms with E-state index in [1.54, 1.807) is 0 Å². The van der Waals surface area contributed by atoms with E-state index in [-0.39, 0.29) is 0 Å². The fourth-order valence-electron chi connectivity index (χ4n) is 10.3. The zero-order valence-electron chi connectivity index (χ0n) is 19.2. The van der Waals surface area contributed by atoms with Crippen LogP contribution in [0.4, 0.5) is 0 Å². The van der Waals surface area contributed by atoms with Crippen molar-refractivity contribution in [2.75, 3.05) is 0 Å². The topological polar surface area (TPSA) is 17.1 Å². The summed E-state index contributed by atoms with van der Waals surface area (Å²) in [4.78, 5) is 12.6. The highest BCUT2D eigenvalue weighted by Crippen LogP contribution is 2.85. The van der Waals surface area contributed by atoms with Crippen LogP contribution in [0, 0.1) is 57.7 Å². The molecule has 9 atom stereocenters. The molecule has 5 aliphatic rings. The zero-order chi connectivity index (χ0) is 19.9. The van der Waals surface area contributed by atoms with Crippen LogP contribution < -0.4 is 0 Å². The van der Waals surface area contributed by atoms with E-state index in [0.29, 0.717) is 27.9 Å². The van der Waals surface area contributed by atoms with Crippen LogP contribution >= 0.6 is 0 Å². The van der Waals surface area contributed by atoms with E-state index < -0.39 is 0 Å². The number of carbonyl (C=O) groups is 1. The molecule has 0 amide bonds. The van der Waals surface area contributed by atoms with Crippen molar-refractivity contribution >= 4 is 5.78 Å². The molecule has 0 bridgehead atoms. The van der Waals surface area contributed by atoms with E-state index >= 15 is 0 Å². The van der Waals surface area contributed by atoms with Gasteiger partial charge in [0.15, 0.2) is 0 Å². The van der Waals surface area contributed by atoms with Crippen LogP contribution in [0.5, 0.6) is 0 Å². The molecule has 0 radical (unpaired) electrons. The Morgan fingerprint density at radius 1 is 0.929 bits per heavy atom. The van der Waals surface area contributed by atoms with Crippen molar-refractivity contribution in [3.05, 3.63) is 0 Å². The average Bonchev–Trinajstić information content (AvgIpc) is 2.87. The molecule has 0 aromatic carbocycles. The molecule has 0 saturated heterocycles. The molecule has 0 aromatic rings. The predicted octanol–water partition coefficient (Wildman–Crippen LogP) is 7.29. The van der Waals surface area contributed by atoms with Crippen molar-refractivity contribution in [2.45, 2.75) is 105 Å². The summed E-state index contributed by atoms with van der Waals surface area (Å²) in [5.74, 6) is 6.56. The number of hydrogen-bond donors (Lipinski definition) is 0. The number of carbonyl (C=O) groups excluding carboxylic acids is 1. The smallest absolute Gasteiger partial charge is 0.137 e. The Morgan fingerprint density at radius 2 is 1.71 bits per heavy atom. The van der Waals surface area contributed by atoms with Gasteiger partial charge in [0, 0.05) is 12.3 Å². The zero-order valence-corrected chi connectivity index (χ0v) is 19.2. The van der Waals surface area contributed by atoms with Crippen LogP contribution in [0.25, 0.3) is 0 Å². The maximum absolute atomic E-state index is 12.6. The molecule has 5 aliphatic carbocycles. The molecule has 5 fully saturated rings. The highest BCUT2D eigenvalue weighted by molar-refractivity contribution is 5.90. The molecule has 1 heteroatoms. The molecule has 0 heterocycles. The largest absolute Gasteiger partial charge is 0.299 e. The van der Waals surface area contributed by atoms with Crippen LogP contribution in [-0.4, -0.2) is 5.78 Å². The predicted molar refractivity (Wildman–Crippen MR) is 116 cm³/mol. The van der Waals surface area contributed by atoms with Gasteiger partial charge in [-0.3, -0.25) is 4.79 Å². The third kappa shape index (κ3) is 2.34. The average molecular weight is 385 g/mol. The second-order valence-corrected chi connectivity index (χ2v) is 12.8. The van der Waals surface area contributed by atoms with E-state index in [4.69, 9.17) is 0 Å². The van der Waals surface area contributed by atoms with Crippen LogP contribution in [0.3, 0.4) is 0 Å². The summed E-state index contributed by atoms with van der Waals surface area (Å²) in [5, 5.41) is 0. The molecule has 5 saturated carbocycles. The number of rotatable bonds is 5. The Kier molecular flexibility index (Phi) is 4.44. The molecule has 0 aromatic heterocycles. The molecule has 0 unspecified atom stereocenters. The van der Waals surface area contributed by atoms with Gasteiger partial charge in [0.25, 0.3) is 0 Å². The monoisotopic (exact) mass is 384 g/mol. The molecule has 0 N–H and O–H groups in total. The van der Waals surface area contributed by atoms with Crippen molar-refractivity contribution in [1.29, 1.82) is 0 Å². The van der Waals surface area contributed by atoms with Gasteiger partial charge in [-0.15, -0.1) is 0 Å². The Hall–Kier alpha value is -0.330. The van der Waals surface area contributed by atoms with Gasteiger partial charge in [0.2, 0.25) is 0 Å². The van der Waals surface area contributed by atoms with Gasteiger partial charge in [-0.25, -0.2) is 0 Å². The summed E-state index contributed by atoms with van der Waals surface area (Å²) >= 11 is 0. The first-order chi connectivity index (χ1) is 13.3. The third-order valence-corrected chi connectivity index (χ3v) is 11.6. The minimum Gasteiger partial charge on any atom is -0.299 e. The van der Waals surface area contributed by atoms with Gasteiger partial charge in [0.05, 0.1) is 0 Å². The number of hydrogen-bond acceptors (Lipinski definition) is 1. The Morgan fingerprint density at radius 3 is 2.46 bits per heavy atom. The first kappa shape index (κ1) is 19.6. The highest BCUT2D eigenvalue weighted by atomic mass is 16.1. The first-order valence-corrected chi connectivity index (χ1v) is 12.8. The quantitative estimate of drug-likeness (QED) is 0.486. The number of ketones is 1. The normalized spacial score (nSPS) is 52.8. The van der Waals surface area contributed by atoms with Gasteiger partial charge < -0.3 is 0 Å². The Labute approximate surface area is 173 Å². The van der Waals surface area contributed by atoms with Crippen LogP contribution in [0.1, 0.15) is 105 Å². The second kappa shape index (κ2) is 6.34. The van der Waals surface area contributed by atoms with Crippen LogP contribution in [-0.2, 0) is 4.79 Å². The lowest BCUT2D eigenvalue weighted by Crippen LogP contribution is -2.48. The second-order valence-electron chi connectivity index (χ2n) is 12.8.